The van der Waals surface area contributed by atoms with Gasteiger partial charge >= 0.3 is 0 Å². The van der Waals surface area contributed by atoms with Gasteiger partial charge in [-0.15, -0.1) is 0 Å². The first-order valence-electron chi connectivity index (χ1n) is 7.24. The van der Waals surface area contributed by atoms with E-state index in [0.29, 0.717) is 26.8 Å². The molecule has 0 spiro atoms. The van der Waals surface area contributed by atoms with Crippen LogP contribution in [0.3, 0.4) is 0 Å². The average molecular weight is 350 g/mol. The lowest BCUT2D eigenvalue weighted by Gasteiger charge is -2.17. The normalized spacial score (nSPS) is 16.3. The van der Waals surface area contributed by atoms with E-state index in [2.05, 4.69) is 10.6 Å². The molecule has 1 saturated carbocycles. The zero-order valence-corrected chi connectivity index (χ0v) is 14.0. The summed E-state index contributed by atoms with van der Waals surface area (Å²) in [6, 6.07) is 3.49. The van der Waals surface area contributed by atoms with Crippen molar-refractivity contribution in [3.63, 3.8) is 0 Å². The molecule has 21 heavy (non-hydrogen) atoms. The lowest BCUT2D eigenvalue weighted by molar-refractivity contribution is -0.120. The number of hydrogen-bond donors (Lipinski definition) is 2. The number of halogens is 3. The summed E-state index contributed by atoms with van der Waals surface area (Å²) < 4.78 is 0. The van der Waals surface area contributed by atoms with Gasteiger partial charge in [-0.2, -0.15) is 0 Å². The summed E-state index contributed by atoms with van der Waals surface area (Å²) in [4.78, 5) is 12.0. The molecule has 2 N–H and O–H groups in total. The number of carbonyl (C=O) groups is 1. The first kappa shape index (κ1) is 16.7. The third-order valence-electron chi connectivity index (χ3n) is 3.67. The lowest BCUT2D eigenvalue weighted by Crippen LogP contribution is -2.38. The van der Waals surface area contributed by atoms with Crippen LogP contribution in [0.5, 0.6) is 0 Å². The van der Waals surface area contributed by atoms with E-state index in [1.54, 1.807) is 12.1 Å². The van der Waals surface area contributed by atoms with Crippen LogP contribution in [-0.4, -0.2) is 18.5 Å². The van der Waals surface area contributed by atoms with Crippen molar-refractivity contribution in [3.05, 3.63) is 27.2 Å². The van der Waals surface area contributed by atoms with Gasteiger partial charge in [-0.25, -0.2) is 0 Å². The molecule has 3 nitrogen and oxygen atoms in total. The van der Waals surface area contributed by atoms with Crippen molar-refractivity contribution in [3.8, 4) is 0 Å². The quantitative estimate of drug-likeness (QED) is 0.600. The van der Waals surface area contributed by atoms with Crippen LogP contribution in [0.4, 0.5) is 5.69 Å². The summed E-state index contributed by atoms with van der Waals surface area (Å²) in [7, 11) is 0. The second kappa shape index (κ2) is 8.11. The molecule has 0 bridgehead atoms. The standard InChI is InChI=1S/C15H19Cl3N2O/c16-11-7-13(18)14(8-12(11)17)19-9-15(21)20-10-5-3-1-2-4-6-10/h7-8,10,19H,1-6,9H2,(H,20,21). The second-order valence-electron chi connectivity index (χ2n) is 5.36. The Kier molecular flexibility index (Phi) is 6.46. The third-order valence-corrected chi connectivity index (χ3v) is 4.70. The molecule has 6 heteroatoms. The van der Waals surface area contributed by atoms with Gasteiger partial charge in [-0.1, -0.05) is 60.5 Å². The Balaban J connectivity index is 1.84. The Morgan fingerprint density at radius 3 is 2.29 bits per heavy atom. The van der Waals surface area contributed by atoms with Crippen molar-refractivity contribution in [1.82, 2.24) is 5.32 Å². The van der Waals surface area contributed by atoms with Crippen molar-refractivity contribution >= 4 is 46.4 Å². The summed E-state index contributed by atoms with van der Waals surface area (Å²) in [5.74, 6) is -0.0240. The van der Waals surface area contributed by atoms with Crippen molar-refractivity contribution in [2.75, 3.05) is 11.9 Å². The largest absolute Gasteiger partial charge is 0.375 e. The maximum Gasteiger partial charge on any atom is 0.239 e. The van der Waals surface area contributed by atoms with Crippen molar-refractivity contribution in [2.24, 2.45) is 0 Å². The molecule has 0 unspecified atom stereocenters. The number of hydrogen-bond acceptors (Lipinski definition) is 2. The fourth-order valence-electron chi connectivity index (χ4n) is 2.54. The molecule has 0 heterocycles. The third kappa shape index (κ3) is 5.24. The summed E-state index contributed by atoms with van der Waals surface area (Å²) in [5, 5.41) is 7.33. The molecule has 1 aromatic rings. The summed E-state index contributed by atoms with van der Waals surface area (Å²) in [5.41, 5.74) is 0.613. The predicted molar refractivity (Wildman–Crippen MR) is 89.6 cm³/mol. The minimum atomic E-state index is -0.0240. The highest BCUT2D eigenvalue weighted by atomic mass is 35.5. The number of nitrogens with one attached hydrogen (secondary N) is 2. The zero-order valence-electron chi connectivity index (χ0n) is 11.7. The highest BCUT2D eigenvalue weighted by Crippen LogP contribution is 2.32. The summed E-state index contributed by atoms with van der Waals surface area (Å²) in [6.45, 7) is 0.175. The van der Waals surface area contributed by atoms with E-state index in [-0.39, 0.29) is 12.5 Å². The Hall–Kier alpha value is -0.640. The fraction of sp³-hybridized carbons (Fsp3) is 0.533. The van der Waals surface area contributed by atoms with Gasteiger partial charge < -0.3 is 10.6 Å². The van der Waals surface area contributed by atoms with Crippen LogP contribution < -0.4 is 10.6 Å². The van der Waals surface area contributed by atoms with E-state index >= 15 is 0 Å². The Morgan fingerprint density at radius 1 is 1.00 bits per heavy atom. The molecule has 116 valence electrons. The van der Waals surface area contributed by atoms with E-state index in [0.717, 1.165) is 12.8 Å². The Labute approximate surface area is 140 Å². The van der Waals surface area contributed by atoms with E-state index in [1.807, 2.05) is 0 Å². The highest BCUT2D eigenvalue weighted by molar-refractivity contribution is 6.44. The SMILES string of the molecule is O=C(CNc1cc(Cl)c(Cl)cc1Cl)NC1CCCCCC1. The monoisotopic (exact) mass is 348 g/mol. The van der Waals surface area contributed by atoms with Gasteiger partial charge in [0.1, 0.15) is 0 Å². The number of carbonyl (C=O) groups excluding carboxylic acids is 1. The van der Waals surface area contributed by atoms with Gasteiger partial charge in [0.05, 0.1) is 27.3 Å². The van der Waals surface area contributed by atoms with Crippen molar-refractivity contribution < 1.29 is 4.79 Å². The first-order valence-corrected chi connectivity index (χ1v) is 8.37. The van der Waals surface area contributed by atoms with E-state index in [9.17, 15) is 4.79 Å². The zero-order chi connectivity index (χ0) is 15.2. The fourth-order valence-corrected chi connectivity index (χ4v) is 3.15. The average Bonchev–Trinajstić information content (AvgIpc) is 2.70. The lowest BCUT2D eigenvalue weighted by atomic mass is 10.1. The minimum absolute atomic E-state index is 0.0240. The maximum atomic E-state index is 12.0. The van der Waals surface area contributed by atoms with Crippen LogP contribution in [0.1, 0.15) is 38.5 Å². The molecule has 0 aromatic heterocycles. The van der Waals surface area contributed by atoms with Gasteiger partial charge in [0.15, 0.2) is 0 Å². The molecule has 2 rings (SSSR count). The molecule has 1 aliphatic carbocycles. The number of rotatable bonds is 4. The molecule has 0 atom stereocenters. The molecule has 1 amide bonds. The van der Waals surface area contributed by atoms with Gasteiger partial charge in [0, 0.05) is 6.04 Å². The smallest absolute Gasteiger partial charge is 0.239 e. The van der Waals surface area contributed by atoms with Gasteiger partial charge in [0.25, 0.3) is 0 Å². The van der Waals surface area contributed by atoms with Gasteiger partial charge in [-0.05, 0) is 25.0 Å². The van der Waals surface area contributed by atoms with Crippen LogP contribution in [0.2, 0.25) is 15.1 Å². The Morgan fingerprint density at radius 2 is 1.62 bits per heavy atom. The summed E-state index contributed by atoms with van der Waals surface area (Å²) >= 11 is 17.9. The number of benzene rings is 1. The molecule has 1 aliphatic rings. The molecular weight excluding hydrogens is 331 g/mol. The molecular formula is C15H19Cl3N2O. The van der Waals surface area contributed by atoms with Crippen LogP contribution in [-0.2, 0) is 4.79 Å². The number of anilines is 1. The number of amides is 1. The van der Waals surface area contributed by atoms with E-state index in [1.165, 1.54) is 25.7 Å². The molecule has 0 aliphatic heterocycles. The maximum absolute atomic E-state index is 12.0. The predicted octanol–water partition coefficient (Wildman–Crippen LogP) is 4.90. The Bertz CT molecular complexity index is 500. The van der Waals surface area contributed by atoms with Crippen molar-refractivity contribution in [1.29, 1.82) is 0 Å². The second-order valence-corrected chi connectivity index (χ2v) is 6.58. The van der Waals surface area contributed by atoms with E-state index < -0.39 is 0 Å². The molecule has 0 saturated heterocycles. The van der Waals surface area contributed by atoms with Gasteiger partial charge in [0.2, 0.25) is 5.91 Å². The van der Waals surface area contributed by atoms with Crippen LogP contribution in [0.25, 0.3) is 0 Å². The van der Waals surface area contributed by atoms with Crippen LogP contribution in [0, 0.1) is 0 Å². The van der Waals surface area contributed by atoms with Crippen LogP contribution in [0.15, 0.2) is 12.1 Å². The van der Waals surface area contributed by atoms with E-state index in [4.69, 9.17) is 34.8 Å². The molecule has 0 radical (unpaired) electrons. The molecule has 1 aromatic carbocycles. The first-order chi connectivity index (χ1) is 10.1. The highest BCUT2D eigenvalue weighted by Gasteiger charge is 2.15. The van der Waals surface area contributed by atoms with Gasteiger partial charge in [-0.3, -0.25) is 4.79 Å². The van der Waals surface area contributed by atoms with Crippen molar-refractivity contribution in [2.45, 2.75) is 44.6 Å². The minimum Gasteiger partial charge on any atom is -0.375 e. The molecule has 1 fully saturated rings. The topological polar surface area (TPSA) is 41.1 Å². The van der Waals surface area contributed by atoms with Crippen LogP contribution >= 0.6 is 34.8 Å². The summed E-state index contributed by atoms with van der Waals surface area (Å²) in [6.07, 6.45) is 7.06.